The summed E-state index contributed by atoms with van der Waals surface area (Å²) in [6.45, 7) is 4.71. The van der Waals surface area contributed by atoms with Gasteiger partial charge in [-0.25, -0.2) is 13.6 Å². The average Bonchev–Trinajstić information content (AvgIpc) is 2.98. The Balaban J connectivity index is 1.43. The van der Waals surface area contributed by atoms with Crippen molar-refractivity contribution in [1.82, 2.24) is 4.57 Å². The lowest BCUT2D eigenvalue weighted by atomic mass is 10.1. The number of morpholine rings is 1. The van der Waals surface area contributed by atoms with Gasteiger partial charge in [0.1, 0.15) is 17.2 Å². The number of carboxylic acids is 1. The molecule has 3 aromatic carbocycles. The van der Waals surface area contributed by atoms with Crippen LogP contribution in [0.3, 0.4) is 0 Å². The molecule has 40 heavy (non-hydrogen) atoms. The van der Waals surface area contributed by atoms with Crippen molar-refractivity contribution in [2.24, 2.45) is 0 Å². The SMILES string of the molecule is O=C(O)c1cn(-c2ccccc2N2CCOCC2)c2cc(N3CCN(c4ccc(F)cc4)CC3)c(F)cc2c1=O. The number of aromatic carboxylic acids is 1. The van der Waals surface area contributed by atoms with Crippen molar-refractivity contribution in [1.29, 1.82) is 0 Å². The molecule has 1 N–H and O–H groups in total. The van der Waals surface area contributed by atoms with Crippen LogP contribution < -0.4 is 20.1 Å². The molecule has 0 amide bonds. The summed E-state index contributed by atoms with van der Waals surface area (Å²) in [6, 6.07) is 16.7. The Hall–Kier alpha value is -4.44. The zero-order valence-electron chi connectivity index (χ0n) is 21.7. The van der Waals surface area contributed by atoms with Gasteiger partial charge in [-0.2, -0.15) is 0 Å². The number of hydrogen-bond donors (Lipinski definition) is 1. The highest BCUT2D eigenvalue weighted by Gasteiger charge is 2.24. The van der Waals surface area contributed by atoms with Gasteiger partial charge in [0, 0.05) is 56.5 Å². The first-order valence-electron chi connectivity index (χ1n) is 13.2. The molecule has 0 radical (unpaired) electrons. The van der Waals surface area contributed by atoms with E-state index in [4.69, 9.17) is 4.74 Å². The summed E-state index contributed by atoms with van der Waals surface area (Å²) >= 11 is 0. The predicted molar refractivity (Wildman–Crippen MR) is 150 cm³/mol. The number of ether oxygens (including phenoxy) is 1. The van der Waals surface area contributed by atoms with E-state index in [2.05, 4.69) is 9.80 Å². The minimum atomic E-state index is -1.37. The number of benzene rings is 3. The second-order valence-electron chi connectivity index (χ2n) is 9.91. The molecule has 2 fully saturated rings. The van der Waals surface area contributed by atoms with Crippen molar-refractivity contribution in [2.45, 2.75) is 0 Å². The number of halogens is 2. The molecule has 3 heterocycles. The summed E-state index contributed by atoms with van der Waals surface area (Å²) in [4.78, 5) is 31.4. The maximum Gasteiger partial charge on any atom is 0.341 e. The van der Waals surface area contributed by atoms with Crippen LogP contribution in [0.5, 0.6) is 0 Å². The topological polar surface area (TPSA) is 78.2 Å². The molecular weight excluding hydrogens is 518 g/mol. The predicted octanol–water partition coefficient (Wildman–Crippen LogP) is 4.13. The fourth-order valence-electron chi connectivity index (χ4n) is 5.53. The van der Waals surface area contributed by atoms with Crippen molar-refractivity contribution >= 4 is 33.9 Å². The zero-order valence-corrected chi connectivity index (χ0v) is 21.7. The molecule has 2 saturated heterocycles. The van der Waals surface area contributed by atoms with Gasteiger partial charge in [0.05, 0.1) is 35.8 Å². The van der Waals surface area contributed by atoms with Crippen LogP contribution in [-0.2, 0) is 4.74 Å². The van der Waals surface area contributed by atoms with Gasteiger partial charge in [0.15, 0.2) is 0 Å². The number of pyridine rings is 1. The van der Waals surface area contributed by atoms with Crippen LogP contribution in [0.2, 0.25) is 0 Å². The van der Waals surface area contributed by atoms with Gasteiger partial charge in [0.2, 0.25) is 5.43 Å². The van der Waals surface area contributed by atoms with E-state index in [1.54, 1.807) is 22.8 Å². The Labute approximate surface area is 229 Å². The fraction of sp³-hybridized carbons (Fsp3) is 0.267. The zero-order chi connectivity index (χ0) is 27.8. The second kappa shape index (κ2) is 10.6. The van der Waals surface area contributed by atoms with Gasteiger partial charge in [-0.15, -0.1) is 0 Å². The Bertz CT molecular complexity index is 1630. The minimum Gasteiger partial charge on any atom is -0.477 e. The third kappa shape index (κ3) is 4.75. The highest BCUT2D eigenvalue weighted by molar-refractivity contribution is 5.94. The molecule has 206 valence electrons. The number of carboxylic acid groups (broad SMARTS) is 1. The van der Waals surface area contributed by atoms with Gasteiger partial charge in [0.25, 0.3) is 0 Å². The monoisotopic (exact) mass is 546 g/mol. The van der Waals surface area contributed by atoms with Crippen molar-refractivity contribution in [3.63, 3.8) is 0 Å². The van der Waals surface area contributed by atoms with Gasteiger partial charge < -0.3 is 29.1 Å². The highest BCUT2D eigenvalue weighted by Crippen LogP contribution is 2.32. The van der Waals surface area contributed by atoms with E-state index in [-0.39, 0.29) is 11.2 Å². The molecule has 2 aliphatic rings. The first-order valence-corrected chi connectivity index (χ1v) is 13.2. The Morgan fingerprint density at radius 3 is 2.08 bits per heavy atom. The molecule has 1 aromatic heterocycles. The lowest BCUT2D eigenvalue weighted by molar-refractivity contribution is 0.0695. The first kappa shape index (κ1) is 25.8. The van der Waals surface area contributed by atoms with Crippen LogP contribution >= 0.6 is 0 Å². The molecule has 0 saturated carbocycles. The van der Waals surface area contributed by atoms with E-state index < -0.39 is 22.8 Å². The number of para-hydroxylation sites is 2. The van der Waals surface area contributed by atoms with E-state index in [9.17, 15) is 19.1 Å². The second-order valence-corrected chi connectivity index (χ2v) is 9.91. The van der Waals surface area contributed by atoms with Gasteiger partial charge in [-0.3, -0.25) is 4.79 Å². The van der Waals surface area contributed by atoms with Crippen LogP contribution in [0.25, 0.3) is 16.6 Å². The van der Waals surface area contributed by atoms with Gasteiger partial charge in [-0.05, 0) is 48.5 Å². The lowest BCUT2D eigenvalue weighted by Gasteiger charge is -2.37. The standard InChI is InChI=1S/C30H28F2N4O4/c31-20-5-7-21(8-6-20)33-9-11-34(12-10-33)28-18-27-22(17-24(28)32)29(37)23(30(38)39)19-36(27)26-4-2-1-3-25(26)35-13-15-40-16-14-35/h1-8,17-19H,9-16H2,(H,38,39). The van der Waals surface area contributed by atoms with Gasteiger partial charge >= 0.3 is 5.97 Å². The number of piperazine rings is 1. The summed E-state index contributed by atoms with van der Waals surface area (Å²) < 4.78 is 36.1. The summed E-state index contributed by atoms with van der Waals surface area (Å²) in [6.07, 6.45) is 1.33. The van der Waals surface area contributed by atoms with Crippen LogP contribution in [0.4, 0.5) is 25.8 Å². The van der Waals surface area contributed by atoms with Crippen molar-refractivity contribution in [3.05, 3.63) is 94.3 Å². The lowest BCUT2D eigenvalue weighted by Crippen LogP contribution is -2.46. The maximum atomic E-state index is 15.6. The molecule has 8 nitrogen and oxygen atoms in total. The summed E-state index contributed by atoms with van der Waals surface area (Å²) in [5.41, 5.74) is 2.06. The maximum absolute atomic E-state index is 15.6. The van der Waals surface area contributed by atoms with Crippen molar-refractivity contribution in [3.8, 4) is 5.69 Å². The Morgan fingerprint density at radius 1 is 0.775 bits per heavy atom. The fourth-order valence-corrected chi connectivity index (χ4v) is 5.53. The van der Waals surface area contributed by atoms with E-state index in [1.807, 2.05) is 29.2 Å². The van der Waals surface area contributed by atoms with Crippen molar-refractivity contribution in [2.75, 3.05) is 67.2 Å². The highest BCUT2D eigenvalue weighted by atomic mass is 19.1. The molecular formula is C30H28F2N4O4. The normalized spacial score (nSPS) is 16.0. The van der Waals surface area contributed by atoms with Crippen LogP contribution in [-0.4, -0.2) is 68.1 Å². The largest absolute Gasteiger partial charge is 0.477 e. The number of hydrogen-bond acceptors (Lipinski definition) is 6. The van der Waals surface area contributed by atoms with E-state index in [1.165, 1.54) is 18.3 Å². The average molecular weight is 547 g/mol. The molecule has 0 aliphatic carbocycles. The van der Waals surface area contributed by atoms with Crippen LogP contribution in [0.15, 0.2) is 71.7 Å². The summed E-state index contributed by atoms with van der Waals surface area (Å²) in [7, 11) is 0. The number of aromatic nitrogens is 1. The van der Waals surface area contributed by atoms with Crippen LogP contribution in [0.1, 0.15) is 10.4 Å². The molecule has 0 bridgehead atoms. The van der Waals surface area contributed by atoms with E-state index in [0.717, 1.165) is 17.4 Å². The van der Waals surface area contributed by atoms with E-state index >= 15 is 4.39 Å². The summed E-state index contributed by atoms with van der Waals surface area (Å²) in [5, 5.41) is 9.81. The third-order valence-electron chi connectivity index (χ3n) is 7.61. The van der Waals surface area contributed by atoms with E-state index in [0.29, 0.717) is 69.4 Å². The molecule has 0 spiro atoms. The number of rotatable bonds is 5. The molecule has 10 heteroatoms. The first-order chi connectivity index (χ1) is 19.4. The quantitative estimate of drug-likeness (QED) is 0.403. The number of carbonyl (C=O) groups is 1. The molecule has 0 atom stereocenters. The third-order valence-corrected chi connectivity index (χ3v) is 7.61. The molecule has 6 rings (SSSR count). The molecule has 4 aromatic rings. The van der Waals surface area contributed by atoms with Gasteiger partial charge in [-0.1, -0.05) is 12.1 Å². The molecule has 0 unspecified atom stereocenters. The summed E-state index contributed by atoms with van der Waals surface area (Å²) in [5.74, 6) is -2.26. The smallest absolute Gasteiger partial charge is 0.341 e. The van der Waals surface area contributed by atoms with Crippen molar-refractivity contribution < 1.29 is 23.4 Å². The number of fused-ring (bicyclic) bond motifs is 1. The Morgan fingerprint density at radius 2 is 1.40 bits per heavy atom. The molecule has 2 aliphatic heterocycles. The van der Waals surface area contributed by atoms with Crippen LogP contribution in [0, 0.1) is 11.6 Å². The minimum absolute atomic E-state index is 0.00267. The Kier molecular flexibility index (Phi) is 6.85. The number of anilines is 3. The number of nitrogens with zero attached hydrogens (tertiary/aromatic N) is 4.